The number of aromatic nitrogens is 3. The number of hydrazone groups is 1. The fraction of sp³-hybridized carbons (Fsp3) is 0.267. The molecule has 6 nitrogen and oxygen atoms in total. The number of hydrogen-bond acceptors (Lipinski definition) is 5. The fourth-order valence-corrected chi connectivity index (χ4v) is 4.72. The summed E-state index contributed by atoms with van der Waals surface area (Å²) in [5.41, 5.74) is 9.05. The number of thioether (sulfide) groups is 1. The molecule has 0 aliphatic rings. The maximum absolute atomic E-state index is 12.5. The Bertz CT molecular complexity index is 1370. The molecule has 4 aromatic rings. The summed E-state index contributed by atoms with van der Waals surface area (Å²) in [6.07, 6.45) is 0. The summed E-state index contributed by atoms with van der Waals surface area (Å²) in [4.78, 5) is 12.5. The second-order valence-corrected chi connectivity index (χ2v) is 10.8. The van der Waals surface area contributed by atoms with E-state index in [0.29, 0.717) is 11.7 Å². The number of carbonyl (C=O) groups excluding carboxylic acids is 1. The highest BCUT2D eigenvalue weighted by molar-refractivity contribution is 7.99. The van der Waals surface area contributed by atoms with Crippen molar-refractivity contribution < 1.29 is 4.79 Å². The smallest absolute Gasteiger partial charge is 0.250 e. The summed E-state index contributed by atoms with van der Waals surface area (Å²) in [7, 11) is 0. The molecule has 0 bridgehead atoms. The van der Waals surface area contributed by atoms with Gasteiger partial charge in [-0.2, -0.15) is 5.10 Å². The number of benzene rings is 3. The predicted molar refractivity (Wildman–Crippen MR) is 153 cm³/mol. The van der Waals surface area contributed by atoms with Crippen molar-refractivity contribution in [3.63, 3.8) is 0 Å². The quantitative estimate of drug-likeness (QED) is 0.165. The van der Waals surface area contributed by atoms with E-state index in [1.165, 1.54) is 22.9 Å². The third kappa shape index (κ3) is 6.54. The SMILES string of the molecule is CCn1c(SCC(=O)N/N=C(\C)c2ccc(-c3ccccc3)cc2)nnc1-c1ccc(C(C)(C)C)cc1. The van der Waals surface area contributed by atoms with Crippen LogP contribution in [-0.2, 0) is 16.8 Å². The first-order chi connectivity index (χ1) is 17.8. The molecular weight excluding hydrogens is 478 g/mol. The molecular formula is C30H33N5OS. The van der Waals surface area contributed by atoms with Crippen LogP contribution in [0.4, 0.5) is 0 Å². The van der Waals surface area contributed by atoms with Crippen LogP contribution in [0.5, 0.6) is 0 Å². The monoisotopic (exact) mass is 511 g/mol. The number of carbonyl (C=O) groups is 1. The molecule has 0 aliphatic heterocycles. The van der Waals surface area contributed by atoms with Crippen molar-refractivity contribution in [1.82, 2.24) is 20.2 Å². The first-order valence-corrected chi connectivity index (χ1v) is 13.4. The Labute approximate surface area is 223 Å². The Morgan fingerprint density at radius 3 is 2.14 bits per heavy atom. The lowest BCUT2D eigenvalue weighted by Crippen LogP contribution is -2.21. The lowest BCUT2D eigenvalue weighted by Gasteiger charge is -2.19. The molecule has 1 amide bonds. The lowest BCUT2D eigenvalue weighted by atomic mass is 9.87. The number of hydrogen-bond donors (Lipinski definition) is 1. The molecule has 37 heavy (non-hydrogen) atoms. The Morgan fingerprint density at radius 2 is 1.51 bits per heavy atom. The minimum absolute atomic E-state index is 0.0950. The molecule has 0 fully saturated rings. The minimum Gasteiger partial charge on any atom is -0.302 e. The Balaban J connectivity index is 1.36. The fourth-order valence-electron chi connectivity index (χ4n) is 3.92. The molecule has 3 aromatic carbocycles. The molecule has 7 heteroatoms. The summed E-state index contributed by atoms with van der Waals surface area (Å²) in [5.74, 6) is 0.816. The maximum atomic E-state index is 12.5. The highest BCUT2D eigenvalue weighted by atomic mass is 32.2. The highest BCUT2D eigenvalue weighted by Gasteiger charge is 2.17. The molecule has 1 aromatic heterocycles. The van der Waals surface area contributed by atoms with Gasteiger partial charge in [-0.3, -0.25) is 4.79 Å². The van der Waals surface area contributed by atoms with Gasteiger partial charge >= 0.3 is 0 Å². The predicted octanol–water partition coefficient (Wildman–Crippen LogP) is 6.56. The summed E-state index contributed by atoms with van der Waals surface area (Å²) < 4.78 is 2.03. The topological polar surface area (TPSA) is 72.2 Å². The summed E-state index contributed by atoms with van der Waals surface area (Å²) in [5, 5.41) is 13.8. The third-order valence-corrected chi connectivity index (χ3v) is 7.10. The van der Waals surface area contributed by atoms with Crippen molar-refractivity contribution in [3.8, 4) is 22.5 Å². The van der Waals surface area contributed by atoms with Crippen LogP contribution in [0, 0.1) is 0 Å². The molecule has 0 unspecified atom stereocenters. The average molecular weight is 512 g/mol. The van der Waals surface area contributed by atoms with Gasteiger partial charge < -0.3 is 4.57 Å². The van der Waals surface area contributed by atoms with Gasteiger partial charge in [-0.1, -0.05) is 111 Å². The largest absolute Gasteiger partial charge is 0.302 e. The van der Waals surface area contributed by atoms with Crippen molar-refractivity contribution in [2.75, 3.05) is 5.75 Å². The number of amides is 1. The van der Waals surface area contributed by atoms with Crippen molar-refractivity contribution in [2.45, 2.75) is 51.7 Å². The highest BCUT2D eigenvalue weighted by Crippen LogP contribution is 2.27. The second kappa shape index (κ2) is 11.6. The van der Waals surface area contributed by atoms with Crippen LogP contribution in [0.2, 0.25) is 0 Å². The van der Waals surface area contributed by atoms with E-state index in [0.717, 1.165) is 28.2 Å². The van der Waals surface area contributed by atoms with E-state index in [1.807, 2.05) is 41.8 Å². The van der Waals surface area contributed by atoms with Crippen molar-refractivity contribution >= 4 is 23.4 Å². The van der Waals surface area contributed by atoms with E-state index in [-0.39, 0.29) is 17.1 Å². The molecule has 4 rings (SSSR count). The Hall–Kier alpha value is -3.71. The van der Waals surface area contributed by atoms with Gasteiger partial charge in [0.2, 0.25) is 0 Å². The number of nitrogens with zero attached hydrogens (tertiary/aromatic N) is 4. The first-order valence-electron chi connectivity index (χ1n) is 12.4. The van der Waals surface area contributed by atoms with Crippen LogP contribution in [0.25, 0.3) is 22.5 Å². The van der Waals surface area contributed by atoms with Crippen LogP contribution in [0.1, 0.15) is 45.7 Å². The van der Waals surface area contributed by atoms with Gasteiger partial charge in [-0.15, -0.1) is 10.2 Å². The number of rotatable bonds is 8. The van der Waals surface area contributed by atoms with Crippen LogP contribution in [-0.4, -0.2) is 32.1 Å². The normalized spacial score (nSPS) is 12.0. The molecule has 190 valence electrons. The maximum Gasteiger partial charge on any atom is 0.250 e. The minimum atomic E-state index is -0.188. The zero-order valence-electron chi connectivity index (χ0n) is 22.0. The van der Waals surface area contributed by atoms with E-state index in [4.69, 9.17) is 0 Å². The third-order valence-electron chi connectivity index (χ3n) is 6.13. The van der Waals surface area contributed by atoms with E-state index >= 15 is 0 Å². The van der Waals surface area contributed by atoms with Gasteiger partial charge in [0.25, 0.3) is 5.91 Å². The Kier molecular flexibility index (Phi) is 8.24. The van der Waals surface area contributed by atoms with Gasteiger partial charge in [0, 0.05) is 12.1 Å². The standard InChI is InChI=1S/C30H33N5OS/c1-6-35-28(25-16-18-26(19-17-25)30(3,4)5)33-34-29(35)37-20-27(36)32-31-21(2)22-12-14-24(15-13-22)23-10-8-7-9-11-23/h7-19H,6,20H2,1-5H3,(H,32,36)/b31-21+. The lowest BCUT2D eigenvalue weighted by molar-refractivity contribution is -0.118. The molecule has 0 radical (unpaired) electrons. The summed E-state index contributed by atoms with van der Waals surface area (Å²) >= 11 is 1.36. The van der Waals surface area contributed by atoms with E-state index in [1.54, 1.807) is 0 Å². The second-order valence-electron chi connectivity index (χ2n) is 9.84. The van der Waals surface area contributed by atoms with Crippen molar-refractivity contribution in [2.24, 2.45) is 5.10 Å². The molecule has 0 saturated heterocycles. The molecule has 0 spiro atoms. The van der Waals surface area contributed by atoms with Gasteiger partial charge in [-0.25, -0.2) is 5.43 Å². The van der Waals surface area contributed by atoms with Crippen molar-refractivity contribution in [1.29, 1.82) is 0 Å². The molecule has 1 heterocycles. The van der Waals surface area contributed by atoms with Crippen LogP contribution in [0.3, 0.4) is 0 Å². The van der Waals surface area contributed by atoms with Gasteiger partial charge in [0.05, 0.1) is 11.5 Å². The molecule has 0 aliphatic carbocycles. The van der Waals surface area contributed by atoms with E-state index < -0.39 is 0 Å². The van der Waals surface area contributed by atoms with Crippen LogP contribution < -0.4 is 5.43 Å². The zero-order chi connectivity index (χ0) is 26.4. The molecule has 0 saturated carbocycles. The number of nitrogens with one attached hydrogen (secondary N) is 1. The van der Waals surface area contributed by atoms with Gasteiger partial charge in [0.1, 0.15) is 0 Å². The summed E-state index contributed by atoms with van der Waals surface area (Å²) in [6.45, 7) is 11.2. The summed E-state index contributed by atoms with van der Waals surface area (Å²) in [6, 6.07) is 26.8. The van der Waals surface area contributed by atoms with Gasteiger partial charge in [0.15, 0.2) is 11.0 Å². The Morgan fingerprint density at radius 1 is 0.892 bits per heavy atom. The van der Waals surface area contributed by atoms with Crippen LogP contribution in [0.15, 0.2) is 89.1 Å². The zero-order valence-corrected chi connectivity index (χ0v) is 22.8. The first kappa shape index (κ1) is 26.4. The van der Waals surface area contributed by atoms with E-state index in [9.17, 15) is 4.79 Å². The average Bonchev–Trinajstić information content (AvgIpc) is 3.33. The van der Waals surface area contributed by atoms with Crippen LogP contribution >= 0.6 is 11.8 Å². The van der Waals surface area contributed by atoms with Crippen molar-refractivity contribution in [3.05, 3.63) is 90.0 Å². The van der Waals surface area contributed by atoms with Gasteiger partial charge in [-0.05, 0) is 41.5 Å². The van der Waals surface area contributed by atoms with E-state index in [2.05, 4.69) is 97.0 Å². The molecule has 1 N–H and O–H groups in total. The molecule has 0 atom stereocenters.